The second-order valence-corrected chi connectivity index (χ2v) is 7.52. The predicted octanol–water partition coefficient (Wildman–Crippen LogP) is 2.26. The zero-order chi connectivity index (χ0) is 11.6. The molecule has 0 amide bonds. The smallest absolute Gasteiger partial charge is 0.232 e. The van der Waals surface area contributed by atoms with Crippen molar-refractivity contribution in [3.05, 3.63) is 10.7 Å². The SMILES string of the molecule is O=S(=O)(NCCC1CCC1)c1cnc(Cl)s1. The van der Waals surface area contributed by atoms with Gasteiger partial charge in [0, 0.05) is 6.54 Å². The molecule has 0 spiro atoms. The van der Waals surface area contributed by atoms with Gasteiger partial charge in [0.1, 0.15) is 0 Å². The summed E-state index contributed by atoms with van der Waals surface area (Å²) in [5.41, 5.74) is 0. The first-order chi connectivity index (χ1) is 7.58. The molecular weight excluding hydrogens is 268 g/mol. The lowest BCUT2D eigenvalue weighted by Gasteiger charge is -2.24. The highest BCUT2D eigenvalue weighted by atomic mass is 35.5. The first kappa shape index (κ1) is 12.3. The second-order valence-electron chi connectivity index (χ2n) is 3.92. The molecule has 1 saturated carbocycles. The van der Waals surface area contributed by atoms with Crippen LogP contribution in [0, 0.1) is 5.92 Å². The largest absolute Gasteiger partial charge is 0.251 e. The third-order valence-electron chi connectivity index (χ3n) is 2.79. The number of thiazole rings is 1. The summed E-state index contributed by atoms with van der Waals surface area (Å²) in [7, 11) is -3.40. The maximum Gasteiger partial charge on any atom is 0.251 e. The van der Waals surface area contributed by atoms with Crippen LogP contribution in [0.25, 0.3) is 0 Å². The Morgan fingerprint density at radius 3 is 2.81 bits per heavy atom. The van der Waals surface area contributed by atoms with Crippen LogP contribution in [0.1, 0.15) is 25.7 Å². The van der Waals surface area contributed by atoms with Gasteiger partial charge in [-0.2, -0.15) is 0 Å². The van der Waals surface area contributed by atoms with E-state index in [1.165, 1.54) is 25.5 Å². The van der Waals surface area contributed by atoms with Gasteiger partial charge >= 0.3 is 0 Å². The molecule has 90 valence electrons. The first-order valence-electron chi connectivity index (χ1n) is 5.19. The molecule has 1 aliphatic carbocycles. The monoisotopic (exact) mass is 280 g/mol. The fourth-order valence-corrected chi connectivity index (χ4v) is 4.00. The zero-order valence-electron chi connectivity index (χ0n) is 8.65. The number of hydrogen-bond acceptors (Lipinski definition) is 4. The van der Waals surface area contributed by atoms with E-state index in [1.54, 1.807) is 0 Å². The van der Waals surface area contributed by atoms with Crippen molar-refractivity contribution < 1.29 is 8.42 Å². The van der Waals surface area contributed by atoms with E-state index in [4.69, 9.17) is 11.6 Å². The van der Waals surface area contributed by atoms with Gasteiger partial charge in [-0.3, -0.25) is 0 Å². The van der Waals surface area contributed by atoms with E-state index in [0.717, 1.165) is 17.8 Å². The topological polar surface area (TPSA) is 59.1 Å². The summed E-state index contributed by atoms with van der Waals surface area (Å²) in [5, 5.41) is 0. The number of rotatable bonds is 5. The lowest BCUT2D eigenvalue weighted by molar-refractivity contribution is 0.297. The maximum absolute atomic E-state index is 11.7. The minimum Gasteiger partial charge on any atom is -0.232 e. The van der Waals surface area contributed by atoms with Crippen molar-refractivity contribution in [2.75, 3.05) is 6.54 Å². The Hall–Kier alpha value is -0.170. The summed E-state index contributed by atoms with van der Waals surface area (Å²) < 4.78 is 26.5. The van der Waals surface area contributed by atoms with Crippen molar-refractivity contribution in [2.24, 2.45) is 5.92 Å². The summed E-state index contributed by atoms with van der Waals surface area (Å²) in [4.78, 5) is 3.72. The second kappa shape index (κ2) is 5.00. The van der Waals surface area contributed by atoms with Crippen molar-refractivity contribution in [1.82, 2.24) is 9.71 Å². The molecule has 1 aromatic heterocycles. The number of nitrogens with one attached hydrogen (secondary N) is 1. The molecule has 1 heterocycles. The average Bonchev–Trinajstić information content (AvgIpc) is 2.57. The zero-order valence-corrected chi connectivity index (χ0v) is 11.0. The molecule has 0 radical (unpaired) electrons. The number of nitrogens with zero attached hydrogens (tertiary/aromatic N) is 1. The van der Waals surface area contributed by atoms with E-state index >= 15 is 0 Å². The van der Waals surface area contributed by atoms with E-state index < -0.39 is 10.0 Å². The molecule has 1 aliphatic rings. The van der Waals surface area contributed by atoms with E-state index in [9.17, 15) is 8.42 Å². The van der Waals surface area contributed by atoms with Crippen LogP contribution in [0.15, 0.2) is 10.4 Å². The van der Waals surface area contributed by atoms with Gasteiger partial charge in [-0.05, 0) is 12.3 Å². The molecule has 1 N–H and O–H groups in total. The Morgan fingerprint density at radius 1 is 1.56 bits per heavy atom. The van der Waals surface area contributed by atoms with Gasteiger partial charge in [0.25, 0.3) is 10.0 Å². The van der Waals surface area contributed by atoms with Crippen molar-refractivity contribution in [1.29, 1.82) is 0 Å². The van der Waals surface area contributed by atoms with Gasteiger partial charge in [0.15, 0.2) is 8.68 Å². The number of sulfonamides is 1. The molecule has 0 aliphatic heterocycles. The Kier molecular flexibility index (Phi) is 3.84. The molecule has 0 atom stereocenters. The molecule has 0 unspecified atom stereocenters. The van der Waals surface area contributed by atoms with Gasteiger partial charge in [-0.1, -0.05) is 42.2 Å². The van der Waals surface area contributed by atoms with Crippen molar-refractivity contribution in [3.63, 3.8) is 0 Å². The molecule has 16 heavy (non-hydrogen) atoms. The van der Waals surface area contributed by atoms with Crippen molar-refractivity contribution in [2.45, 2.75) is 29.9 Å². The fourth-order valence-electron chi connectivity index (χ4n) is 1.61. The Bertz CT molecular complexity index is 454. The van der Waals surface area contributed by atoms with Gasteiger partial charge in [-0.25, -0.2) is 18.1 Å². The Morgan fingerprint density at radius 2 is 2.31 bits per heavy atom. The highest BCUT2D eigenvalue weighted by Gasteiger charge is 2.20. The van der Waals surface area contributed by atoms with Crippen LogP contribution in [0.4, 0.5) is 0 Å². The Labute approximate surface area is 104 Å². The van der Waals surface area contributed by atoms with E-state index in [1.807, 2.05) is 0 Å². The van der Waals surface area contributed by atoms with Crippen LogP contribution in [-0.2, 0) is 10.0 Å². The lowest BCUT2D eigenvalue weighted by Crippen LogP contribution is -2.27. The Balaban J connectivity index is 1.87. The normalized spacial score (nSPS) is 17.3. The highest BCUT2D eigenvalue weighted by Crippen LogP contribution is 2.29. The van der Waals surface area contributed by atoms with Gasteiger partial charge in [-0.15, -0.1) is 0 Å². The van der Waals surface area contributed by atoms with Gasteiger partial charge in [0.05, 0.1) is 6.20 Å². The van der Waals surface area contributed by atoms with E-state index in [-0.39, 0.29) is 8.68 Å². The molecule has 0 bridgehead atoms. The molecule has 0 aromatic carbocycles. The third kappa shape index (κ3) is 2.94. The van der Waals surface area contributed by atoms with Gasteiger partial charge < -0.3 is 0 Å². The number of aromatic nitrogens is 1. The standard InChI is InChI=1S/C9H13ClN2O2S2/c10-9-11-6-8(15-9)16(13,14)12-5-4-7-2-1-3-7/h6-7,12H,1-5H2. The summed E-state index contributed by atoms with van der Waals surface area (Å²) in [6.45, 7) is 0.502. The average molecular weight is 281 g/mol. The minimum atomic E-state index is -3.40. The van der Waals surface area contributed by atoms with Crippen LogP contribution >= 0.6 is 22.9 Å². The number of hydrogen-bond donors (Lipinski definition) is 1. The van der Waals surface area contributed by atoms with Crippen LogP contribution < -0.4 is 4.72 Å². The van der Waals surface area contributed by atoms with Gasteiger partial charge in [0.2, 0.25) is 0 Å². The number of halogens is 1. The third-order valence-corrected chi connectivity index (χ3v) is 5.83. The summed E-state index contributed by atoms with van der Waals surface area (Å²) >= 11 is 6.57. The molecule has 1 aromatic rings. The predicted molar refractivity (Wildman–Crippen MR) is 64.3 cm³/mol. The highest BCUT2D eigenvalue weighted by molar-refractivity contribution is 7.91. The van der Waals surface area contributed by atoms with Crippen LogP contribution in [0.2, 0.25) is 4.47 Å². The molecule has 7 heteroatoms. The maximum atomic E-state index is 11.7. The summed E-state index contributed by atoms with van der Waals surface area (Å²) in [6, 6.07) is 0. The van der Waals surface area contributed by atoms with Crippen LogP contribution in [0.5, 0.6) is 0 Å². The van der Waals surface area contributed by atoms with Crippen molar-refractivity contribution in [3.8, 4) is 0 Å². The lowest BCUT2D eigenvalue weighted by atomic mass is 9.83. The fraction of sp³-hybridized carbons (Fsp3) is 0.667. The minimum absolute atomic E-state index is 0.186. The van der Waals surface area contributed by atoms with Crippen LogP contribution in [-0.4, -0.2) is 19.9 Å². The molecule has 1 fully saturated rings. The summed E-state index contributed by atoms with van der Waals surface area (Å²) in [6.07, 6.45) is 5.95. The summed E-state index contributed by atoms with van der Waals surface area (Å²) in [5.74, 6) is 0.702. The quantitative estimate of drug-likeness (QED) is 0.900. The molecule has 0 saturated heterocycles. The van der Waals surface area contributed by atoms with Crippen molar-refractivity contribution >= 4 is 33.0 Å². The molecule has 2 rings (SSSR count). The first-order valence-corrected chi connectivity index (χ1v) is 7.87. The molecular formula is C9H13ClN2O2S2. The van der Waals surface area contributed by atoms with Crippen LogP contribution in [0.3, 0.4) is 0 Å². The van der Waals surface area contributed by atoms with E-state index in [2.05, 4.69) is 9.71 Å². The van der Waals surface area contributed by atoms with E-state index in [0.29, 0.717) is 12.5 Å². The molecule has 4 nitrogen and oxygen atoms in total.